The van der Waals surface area contributed by atoms with Crippen LogP contribution in [0.25, 0.3) is 0 Å². The first-order valence-electron chi connectivity index (χ1n) is 6.82. The van der Waals surface area contributed by atoms with Crippen molar-refractivity contribution in [3.8, 4) is 0 Å². The third-order valence-corrected chi connectivity index (χ3v) is 3.88. The quantitative estimate of drug-likeness (QED) is 0.731. The Kier molecular flexibility index (Phi) is 4.58. The van der Waals surface area contributed by atoms with E-state index in [1.165, 1.54) is 7.11 Å². The summed E-state index contributed by atoms with van der Waals surface area (Å²) in [6.07, 6.45) is 4.89. The normalized spacial score (nSPS) is 28.8. The molecule has 0 saturated carbocycles. The topological polar surface area (TPSA) is 58.6 Å². The lowest BCUT2D eigenvalue weighted by atomic mass is 9.96. The maximum Gasteiger partial charge on any atom is 0.310 e. The molecular formula is C13H22N2O3. The molecule has 102 valence electrons. The van der Waals surface area contributed by atoms with Gasteiger partial charge >= 0.3 is 5.97 Å². The van der Waals surface area contributed by atoms with Crippen LogP contribution in [0.2, 0.25) is 0 Å². The average Bonchev–Trinajstić information content (AvgIpc) is 2.46. The molecule has 2 fully saturated rings. The minimum Gasteiger partial charge on any atom is -0.469 e. The van der Waals surface area contributed by atoms with Gasteiger partial charge in [0.2, 0.25) is 5.91 Å². The monoisotopic (exact) mass is 254 g/mol. The second-order valence-corrected chi connectivity index (χ2v) is 5.15. The largest absolute Gasteiger partial charge is 0.469 e. The lowest BCUT2D eigenvalue weighted by Crippen LogP contribution is -2.52. The van der Waals surface area contributed by atoms with E-state index >= 15 is 0 Å². The Hall–Kier alpha value is -1.10. The minimum atomic E-state index is -0.191. The van der Waals surface area contributed by atoms with Gasteiger partial charge in [-0.25, -0.2) is 0 Å². The average molecular weight is 254 g/mol. The Morgan fingerprint density at radius 3 is 2.72 bits per heavy atom. The fraction of sp³-hybridized carbons (Fsp3) is 0.846. The van der Waals surface area contributed by atoms with Crippen LogP contribution in [-0.2, 0) is 14.3 Å². The standard InChI is InChI=1S/C13H22N2O3/c1-18-13(17)10-5-4-8-15(9-10)12(16)11-6-2-3-7-14-11/h10-11,14H,2-9H2,1H3. The highest BCUT2D eigenvalue weighted by Gasteiger charge is 2.32. The third kappa shape index (κ3) is 3.02. The molecule has 5 heteroatoms. The molecule has 0 aromatic rings. The number of carbonyl (C=O) groups excluding carboxylic acids is 2. The number of amides is 1. The van der Waals surface area contributed by atoms with Gasteiger partial charge in [-0.15, -0.1) is 0 Å². The highest BCUT2D eigenvalue weighted by atomic mass is 16.5. The fourth-order valence-corrected chi connectivity index (χ4v) is 2.82. The number of esters is 1. The molecule has 2 aliphatic heterocycles. The van der Waals surface area contributed by atoms with Gasteiger partial charge in [0.25, 0.3) is 0 Å². The number of ether oxygens (including phenoxy) is 1. The van der Waals surface area contributed by atoms with Crippen LogP contribution in [0.4, 0.5) is 0 Å². The van der Waals surface area contributed by atoms with E-state index in [-0.39, 0.29) is 23.8 Å². The molecule has 1 amide bonds. The van der Waals surface area contributed by atoms with Crippen molar-refractivity contribution in [2.45, 2.75) is 38.1 Å². The number of piperidine rings is 2. The van der Waals surface area contributed by atoms with E-state index < -0.39 is 0 Å². The summed E-state index contributed by atoms with van der Waals surface area (Å²) >= 11 is 0. The van der Waals surface area contributed by atoms with Crippen molar-refractivity contribution in [2.24, 2.45) is 5.92 Å². The Morgan fingerprint density at radius 2 is 2.06 bits per heavy atom. The molecule has 2 rings (SSSR count). The van der Waals surface area contributed by atoms with E-state index in [4.69, 9.17) is 4.74 Å². The molecular weight excluding hydrogens is 232 g/mol. The van der Waals surface area contributed by atoms with E-state index in [2.05, 4.69) is 5.32 Å². The van der Waals surface area contributed by atoms with Gasteiger partial charge in [-0.3, -0.25) is 9.59 Å². The number of carbonyl (C=O) groups is 2. The molecule has 0 spiro atoms. The SMILES string of the molecule is COC(=O)C1CCCN(C(=O)C2CCCCN2)C1. The van der Waals surface area contributed by atoms with Crippen LogP contribution in [0.1, 0.15) is 32.1 Å². The molecule has 5 nitrogen and oxygen atoms in total. The highest BCUT2D eigenvalue weighted by molar-refractivity contribution is 5.83. The predicted molar refractivity (Wildman–Crippen MR) is 67.0 cm³/mol. The Balaban J connectivity index is 1.91. The van der Waals surface area contributed by atoms with Crippen LogP contribution in [0.15, 0.2) is 0 Å². The van der Waals surface area contributed by atoms with Crippen molar-refractivity contribution in [3.05, 3.63) is 0 Å². The number of nitrogens with one attached hydrogen (secondary N) is 1. The van der Waals surface area contributed by atoms with Crippen molar-refractivity contribution in [2.75, 3.05) is 26.7 Å². The molecule has 1 N–H and O–H groups in total. The molecule has 2 aliphatic rings. The number of nitrogens with zero attached hydrogens (tertiary/aromatic N) is 1. The summed E-state index contributed by atoms with van der Waals surface area (Å²) in [6, 6.07) is -0.0462. The first kappa shape index (κ1) is 13.3. The van der Waals surface area contributed by atoms with Gasteiger partial charge in [0.15, 0.2) is 0 Å². The summed E-state index contributed by atoms with van der Waals surface area (Å²) in [4.78, 5) is 25.7. The number of hydrogen-bond donors (Lipinski definition) is 1. The van der Waals surface area contributed by atoms with E-state index in [0.717, 1.165) is 45.2 Å². The van der Waals surface area contributed by atoms with Crippen molar-refractivity contribution in [1.82, 2.24) is 10.2 Å². The molecule has 0 radical (unpaired) electrons. The van der Waals surface area contributed by atoms with Gasteiger partial charge in [0.1, 0.15) is 0 Å². The number of likely N-dealkylation sites (tertiary alicyclic amines) is 1. The summed E-state index contributed by atoms with van der Waals surface area (Å²) < 4.78 is 4.77. The first-order chi connectivity index (χ1) is 8.72. The second-order valence-electron chi connectivity index (χ2n) is 5.15. The number of hydrogen-bond acceptors (Lipinski definition) is 4. The third-order valence-electron chi connectivity index (χ3n) is 3.88. The fourth-order valence-electron chi connectivity index (χ4n) is 2.82. The van der Waals surface area contributed by atoms with Crippen molar-refractivity contribution in [3.63, 3.8) is 0 Å². The predicted octanol–water partition coefficient (Wildman–Crippen LogP) is 0.540. The van der Waals surface area contributed by atoms with E-state index in [1.807, 2.05) is 4.90 Å². The molecule has 2 saturated heterocycles. The summed E-state index contributed by atoms with van der Waals surface area (Å²) in [6.45, 7) is 2.21. The zero-order chi connectivity index (χ0) is 13.0. The van der Waals surface area contributed by atoms with Gasteiger partial charge in [0, 0.05) is 13.1 Å². The van der Waals surface area contributed by atoms with Crippen LogP contribution in [0.3, 0.4) is 0 Å². The first-order valence-corrected chi connectivity index (χ1v) is 6.82. The van der Waals surface area contributed by atoms with E-state index in [0.29, 0.717) is 6.54 Å². The zero-order valence-corrected chi connectivity index (χ0v) is 11.0. The van der Waals surface area contributed by atoms with Gasteiger partial charge in [-0.2, -0.15) is 0 Å². The molecule has 0 aromatic carbocycles. The Morgan fingerprint density at radius 1 is 1.22 bits per heavy atom. The van der Waals surface area contributed by atoms with Gasteiger partial charge < -0.3 is 15.0 Å². The molecule has 0 aromatic heterocycles. The summed E-state index contributed by atoms with van der Waals surface area (Å²) in [5, 5.41) is 3.27. The number of methoxy groups -OCH3 is 1. The van der Waals surface area contributed by atoms with Crippen molar-refractivity contribution >= 4 is 11.9 Å². The Labute approximate surface area is 108 Å². The van der Waals surface area contributed by atoms with E-state index in [9.17, 15) is 9.59 Å². The van der Waals surface area contributed by atoms with Crippen LogP contribution >= 0.6 is 0 Å². The summed E-state index contributed by atoms with van der Waals surface area (Å²) in [5.41, 5.74) is 0. The molecule has 2 heterocycles. The molecule has 18 heavy (non-hydrogen) atoms. The molecule has 0 aliphatic carbocycles. The van der Waals surface area contributed by atoms with Gasteiger partial charge in [0.05, 0.1) is 19.1 Å². The van der Waals surface area contributed by atoms with Gasteiger partial charge in [-0.05, 0) is 32.2 Å². The van der Waals surface area contributed by atoms with E-state index in [1.54, 1.807) is 0 Å². The zero-order valence-electron chi connectivity index (χ0n) is 11.0. The second kappa shape index (κ2) is 6.18. The summed E-state index contributed by atoms with van der Waals surface area (Å²) in [7, 11) is 1.41. The Bertz CT molecular complexity index is 313. The minimum absolute atomic E-state index is 0.0462. The van der Waals surface area contributed by atoms with Gasteiger partial charge in [-0.1, -0.05) is 6.42 Å². The van der Waals surface area contributed by atoms with Crippen LogP contribution < -0.4 is 5.32 Å². The molecule has 0 bridgehead atoms. The van der Waals surface area contributed by atoms with Crippen LogP contribution in [0, 0.1) is 5.92 Å². The summed E-state index contributed by atoms with van der Waals surface area (Å²) in [5.74, 6) is -0.177. The number of rotatable bonds is 2. The molecule has 2 atom stereocenters. The smallest absolute Gasteiger partial charge is 0.310 e. The van der Waals surface area contributed by atoms with Crippen molar-refractivity contribution in [1.29, 1.82) is 0 Å². The maximum atomic E-state index is 12.3. The highest BCUT2D eigenvalue weighted by Crippen LogP contribution is 2.20. The molecule has 2 unspecified atom stereocenters. The van der Waals surface area contributed by atoms with Crippen molar-refractivity contribution < 1.29 is 14.3 Å². The lowest BCUT2D eigenvalue weighted by Gasteiger charge is -2.35. The lowest BCUT2D eigenvalue weighted by molar-refractivity contribution is -0.149. The van der Waals surface area contributed by atoms with Crippen LogP contribution in [-0.4, -0.2) is 49.6 Å². The van der Waals surface area contributed by atoms with Crippen LogP contribution in [0.5, 0.6) is 0 Å². The maximum absolute atomic E-state index is 12.3.